The second kappa shape index (κ2) is 7.38. The van der Waals surface area contributed by atoms with Crippen molar-refractivity contribution in [1.29, 1.82) is 0 Å². The normalized spacial score (nSPS) is 18.7. The van der Waals surface area contributed by atoms with Gasteiger partial charge in [-0.3, -0.25) is 4.79 Å². The van der Waals surface area contributed by atoms with Gasteiger partial charge in [0.2, 0.25) is 0 Å². The molecule has 1 atom stereocenters. The maximum Gasteiger partial charge on any atom is 0.254 e. The molecule has 2 rings (SSSR count). The van der Waals surface area contributed by atoms with E-state index in [-0.39, 0.29) is 5.91 Å². The molecule has 1 N–H and O–H groups in total. The molecule has 1 fully saturated rings. The second-order valence-corrected chi connectivity index (χ2v) is 6.97. The van der Waals surface area contributed by atoms with Gasteiger partial charge in [0.25, 0.3) is 5.91 Å². The van der Waals surface area contributed by atoms with Crippen LogP contribution in [0.3, 0.4) is 0 Å². The number of nitrogens with zero attached hydrogens (tertiary/aromatic N) is 1. The van der Waals surface area contributed by atoms with Crippen LogP contribution in [-0.2, 0) is 4.74 Å². The number of thiophene rings is 1. The van der Waals surface area contributed by atoms with Crippen molar-refractivity contribution in [3.63, 3.8) is 0 Å². The van der Waals surface area contributed by atoms with Crippen molar-refractivity contribution in [1.82, 2.24) is 10.2 Å². The Morgan fingerprint density at radius 3 is 3.11 bits per heavy atom. The Labute approximate surface area is 126 Å². The second-order valence-electron chi connectivity index (χ2n) is 4.68. The smallest absolute Gasteiger partial charge is 0.254 e. The molecule has 1 aromatic rings. The Bertz CT molecular complexity index is 419. The highest BCUT2D eigenvalue weighted by Crippen LogP contribution is 2.22. The summed E-state index contributed by atoms with van der Waals surface area (Å²) in [5.74, 6) is 0.0905. The summed E-state index contributed by atoms with van der Waals surface area (Å²) in [6.07, 6.45) is 2.34. The van der Waals surface area contributed by atoms with Gasteiger partial charge in [-0.25, -0.2) is 0 Å². The van der Waals surface area contributed by atoms with Crippen molar-refractivity contribution in [2.45, 2.75) is 18.9 Å². The van der Waals surface area contributed by atoms with E-state index in [1.807, 2.05) is 16.3 Å². The molecule has 0 aromatic carbocycles. The standard InChI is InChI=1S/C13H19BrN2O2S/c1-18-6-5-16(8-11-3-2-4-15-11)13(17)10-7-12(14)19-9-10/h7,9,11,15H,2-6,8H2,1H3. The number of carbonyl (C=O) groups is 1. The first-order valence-corrected chi connectivity index (χ1v) is 8.13. The molecular formula is C13H19BrN2O2S. The fourth-order valence-electron chi connectivity index (χ4n) is 2.26. The number of carbonyl (C=O) groups excluding carboxylic acids is 1. The first-order valence-electron chi connectivity index (χ1n) is 6.46. The van der Waals surface area contributed by atoms with Crippen molar-refractivity contribution >= 4 is 33.2 Å². The molecule has 1 aliphatic rings. The van der Waals surface area contributed by atoms with Crippen LogP contribution in [0.5, 0.6) is 0 Å². The number of methoxy groups -OCH3 is 1. The van der Waals surface area contributed by atoms with Gasteiger partial charge in [-0.1, -0.05) is 0 Å². The van der Waals surface area contributed by atoms with E-state index in [4.69, 9.17) is 4.74 Å². The van der Waals surface area contributed by atoms with Gasteiger partial charge < -0.3 is 15.0 Å². The average Bonchev–Trinajstić information content (AvgIpc) is 3.05. The van der Waals surface area contributed by atoms with Crippen LogP contribution >= 0.6 is 27.3 Å². The number of halogens is 1. The van der Waals surface area contributed by atoms with E-state index in [1.165, 1.54) is 17.8 Å². The first kappa shape index (κ1) is 15.0. The molecule has 1 amide bonds. The number of nitrogens with one attached hydrogen (secondary N) is 1. The zero-order chi connectivity index (χ0) is 13.7. The number of rotatable bonds is 6. The average molecular weight is 347 g/mol. The van der Waals surface area contributed by atoms with E-state index in [2.05, 4.69) is 21.2 Å². The molecule has 106 valence electrons. The van der Waals surface area contributed by atoms with E-state index in [1.54, 1.807) is 7.11 Å². The van der Waals surface area contributed by atoms with Gasteiger partial charge in [0, 0.05) is 31.6 Å². The van der Waals surface area contributed by atoms with Crippen LogP contribution in [0.2, 0.25) is 0 Å². The van der Waals surface area contributed by atoms with Crippen molar-refractivity contribution < 1.29 is 9.53 Å². The van der Waals surface area contributed by atoms with E-state index >= 15 is 0 Å². The minimum atomic E-state index is 0.0905. The van der Waals surface area contributed by atoms with Gasteiger partial charge >= 0.3 is 0 Å². The fraction of sp³-hybridized carbons (Fsp3) is 0.615. The molecule has 1 aromatic heterocycles. The van der Waals surface area contributed by atoms with E-state index in [0.29, 0.717) is 19.2 Å². The quantitative estimate of drug-likeness (QED) is 0.859. The highest BCUT2D eigenvalue weighted by molar-refractivity contribution is 9.11. The topological polar surface area (TPSA) is 41.6 Å². The molecule has 1 unspecified atom stereocenters. The largest absolute Gasteiger partial charge is 0.383 e. The Morgan fingerprint density at radius 1 is 1.68 bits per heavy atom. The molecule has 4 nitrogen and oxygen atoms in total. The third kappa shape index (κ3) is 4.27. The van der Waals surface area contributed by atoms with E-state index in [0.717, 1.165) is 28.9 Å². The molecule has 0 saturated carbocycles. The van der Waals surface area contributed by atoms with Crippen LogP contribution in [0.1, 0.15) is 23.2 Å². The molecule has 19 heavy (non-hydrogen) atoms. The first-order chi connectivity index (χ1) is 9.20. The SMILES string of the molecule is COCCN(CC1CCCN1)C(=O)c1csc(Br)c1. The molecule has 0 spiro atoms. The maximum atomic E-state index is 12.5. The molecule has 0 aliphatic carbocycles. The van der Waals surface area contributed by atoms with Crippen molar-refractivity contribution in [2.24, 2.45) is 0 Å². The van der Waals surface area contributed by atoms with Gasteiger partial charge in [-0.2, -0.15) is 0 Å². The van der Waals surface area contributed by atoms with Crippen molar-refractivity contribution in [3.05, 3.63) is 20.8 Å². The number of ether oxygens (including phenoxy) is 1. The summed E-state index contributed by atoms with van der Waals surface area (Å²) in [4.78, 5) is 14.4. The fourth-order valence-corrected chi connectivity index (χ4v) is 3.39. The Balaban J connectivity index is 2.00. The van der Waals surface area contributed by atoms with Crippen LogP contribution in [0.15, 0.2) is 15.2 Å². The molecule has 0 bridgehead atoms. The Hall–Kier alpha value is -0.430. The summed E-state index contributed by atoms with van der Waals surface area (Å²) in [7, 11) is 1.66. The lowest BCUT2D eigenvalue weighted by molar-refractivity contribution is 0.0680. The molecule has 1 saturated heterocycles. The predicted molar refractivity (Wildman–Crippen MR) is 80.8 cm³/mol. The molecule has 2 heterocycles. The summed E-state index contributed by atoms with van der Waals surface area (Å²) in [6, 6.07) is 2.30. The van der Waals surface area contributed by atoms with Gasteiger partial charge in [-0.15, -0.1) is 11.3 Å². The van der Waals surface area contributed by atoms with Crippen molar-refractivity contribution in [3.8, 4) is 0 Å². The summed E-state index contributed by atoms with van der Waals surface area (Å²) in [6.45, 7) is 3.03. The highest BCUT2D eigenvalue weighted by Gasteiger charge is 2.22. The maximum absolute atomic E-state index is 12.5. The lowest BCUT2D eigenvalue weighted by atomic mass is 10.2. The molecular weight excluding hydrogens is 328 g/mol. The number of hydrogen-bond donors (Lipinski definition) is 1. The van der Waals surface area contributed by atoms with Crippen LogP contribution in [0.4, 0.5) is 0 Å². The van der Waals surface area contributed by atoms with Crippen LogP contribution < -0.4 is 5.32 Å². The van der Waals surface area contributed by atoms with Gasteiger partial charge in [0.05, 0.1) is 16.0 Å². The summed E-state index contributed by atoms with van der Waals surface area (Å²) in [5.41, 5.74) is 0.756. The lowest BCUT2D eigenvalue weighted by Crippen LogP contribution is -2.42. The van der Waals surface area contributed by atoms with E-state index < -0.39 is 0 Å². The Kier molecular flexibility index (Phi) is 5.81. The van der Waals surface area contributed by atoms with Gasteiger partial charge in [-0.05, 0) is 41.4 Å². The molecule has 6 heteroatoms. The number of hydrogen-bond acceptors (Lipinski definition) is 4. The summed E-state index contributed by atoms with van der Waals surface area (Å²) < 4.78 is 6.09. The van der Waals surface area contributed by atoms with Crippen LogP contribution in [0, 0.1) is 0 Å². The van der Waals surface area contributed by atoms with Gasteiger partial charge in [0.1, 0.15) is 0 Å². The Morgan fingerprint density at radius 2 is 2.53 bits per heavy atom. The molecule has 1 aliphatic heterocycles. The van der Waals surface area contributed by atoms with Crippen molar-refractivity contribution in [2.75, 3.05) is 33.4 Å². The van der Waals surface area contributed by atoms with Crippen LogP contribution in [0.25, 0.3) is 0 Å². The summed E-state index contributed by atoms with van der Waals surface area (Å²) in [5, 5.41) is 5.33. The third-order valence-electron chi connectivity index (χ3n) is 3.27. The van der Waals surface area contributed by atoms with Gasteiger partial charge in [0.15, 0.2) is 0 Å². The third-order valence-corrected chi connectivity index (χ3v) is 4.77. The lowest BCUT2D eigenvalue weighted by Gasteiger charge is -2.25. The summed E-state index contributed by atoms with van der Waals surface area (Å²) >= 11 is 4.94. The minimum Gasteiger partial charge on any atom is -0.383 e. The predicted octanol–water partition coefficient (Wildman–Crippen LogP) is 2.35. The number of amides is 1. The zero-order valence-corrected chi connectivity index (χ0v) is 13.4. The monoisotopic (exact) mass is 346 g/mol. The minimum absolute atomic E-state index is 0.0905. The van der Waals surface area contributed by atoms with Crippen LogP contribution in [-0.4, -0.2) is 50.2 Å². The highest BCUT2D eigenvalue weighted by atomic mass is 79.9. The van der Waals surface area contributed by atoms with E-state index in [9.17, 15) is 4.79 Å². The zero-order valence-electron chi connectivity index (χ0n) is 11.0. The molecule has 0 radical (unpaired) electrons.